The number of nitrogens with two attached hydrogens (primary N) is 1. The van der Waals surface area contributed by atoms with Crippen molar-refractivity contribution in [1.29, 1.82) is 0 Å². The summed E-state index contributed by atoms with van der Waals surface area (Å²) in [5.41, 5.74) is 5.57. The van der Waals surface area contributed by atoms with E-state index >= 15 is 0 Å². The van der Waals surface area contributed by atoms with Crippen molar-refractivity contribution in [1.82, 2.24) is 4.90 Å². The molecule has 0 aromatic rings. The molecule has 0 bridgehead atoms. The fourth-order valence-corrected chi connectivity index (χ4v) is 2.76. The zero-order chi connectivity index (χ0) is 12.7. The second kappa shape index (κ2) is 7.34. The molecule has 1 rings (SSSR count). The van der Waals surface area contributed by atoms with E-state index in [2.05, 4.69) is 11.8 Å². The van der Waals surface area contributed by atoms with E-state index in [0.717, 1.165) is 25.4 Å². The van der Waals surface area contributed by atoms with Gasteiger partial charge in [0.05, 0.1) is 6.61 Å². The van der Waals surface area contributed by atoms with E-state index in [4.69, 9.17) is 10.8 Å². The lowest BCUT2D eigenvalue weighted by atomic mass is 9.98. The summed E-state index contributed by atoms with van der Waals surface area (Å²) in [7, 11) is 0. The zero-order valence-electron chi connectivity index (χ0n) is 11.6. The van der Waals surface area contributed by atoms with Crippen molar-refractivity contribution in [2.45, 2.75) is 70.4 Å². The molecule has 3 heteroatoms. The molecular weight excluding hydrogens is 212 g/mol. The standard InChI is InChI=1S/C14H30N2O/c1-3-13-8-5-4-6-10-16(13)11-7-9-14(2,15)12-17/h13,17H,3-12,15H2,1-2H3. The first-order chi connectivity index (χ1) is 8.09. The maximum atomic E-state index is 9.14. The lowest BCUT2D eigenvalue weighted by Crippen LogP contribution is -2.42. The second-order valence-electron chi connectivity index (χ2n) is 5.86. The van der Waals surface area contributed by atoms with Crippen molar-refractivity contribution < 1.29 is 5.11 Å². The fourth-order valence-electron chi connectivity index (χ4n) is 2.76. The summed E-state index contributed by atoms with van der Waals surface area (Å²) in [6.07, 6.45) is 8.76. The van der Waals surface area contributed by atoms with E-state index in [1.165, 1.54) is 38.6 Å². The number of aliphatic hydroxyl groups excluding tert-OH is 1. The lowest BCUT2D eigenvalue weighted by molar-refractivity contribution is 0.166. The van der Waals surface area contributed by atoms with Gasteiger partial charge in [-0.15, -0.1) is 0 Å². The minimum absolute atomic E-state index is 0.0875. The fraction of sp³-hybridized carbons (Fsp3) is 1.00. The van der Waals surface area contributed by atoms with E-state index in [1.807, 2.05) is 6.92 Å². The monoisotopic (exact) mass is 242 g/mol. The molecule has 2 atom stereocenters. The second-order valence-corrected chi connectivity index (χ2v) is 5.86. The molecule has 0 radical (unpaired) electrons. The third-order valence-corrected chi connectivity index (χ3v) is 4.02. The molecule has 0 spiro atoms. The Bertz CT molecular complexity index is 206. The summed E-state index contributed by atoms with van der Waals surface area (Å²) in [4.78, 5) is 2.64. The quantitative estimate of drug-likeness (QED) is 0.750. The largest absolute Gasteiger partial charge is 0.394 e. The van der Waals surface area contributed by atoms with Gasteiger partial charge < -0.3 is 15.7 Å². The minimum Gasteiger partial charge on any atom is -0.394 e. The van der Waals surface area contributed by atoms with Crippen LogP contribution >= 0.6 is 0 Å². The highest BCUT2D eigenvalue weighted by Crippen LogP contribution is 2.20. The van der Waals surface area contributed by atoms with Gasteiger partial charge in [0.1, 0.15) is 0 Å². The molecule has 102 valence electrons. The van der Waals surface area contributed by atoms with Crippen molar-refractivity contribution in [2.24, 2.45) is 5.73 Å². The SMILES string of the molecule is CCC1CCCCCN1CCCC(C)(N)CO. The molecule has 1 heterocycles. The van der Waals surface area contributed by atoms with Crippen LogP contribution < -0.4 is 5.73 Å². The van der Waals surface area contributed by atoms with Gasteiger partial charge in [0.2, 0.25) is 0 Å². The highest BCUT2D eigenvalue weighted by molar-refractivity contribution is 4.79. The molecule has 1 aliphatic heterocycles. The van der Waals surface area contributed by atoms with Crippen molar-refractivity contribution in [2.75, 3.05) is 19.7 Å². The van der Waals surface area contributed by atoms with Crippen LogP contribution in [0.3, 0.4) is 0 Å². The smallest absolute Gasteiger partial charge is 0.0608 e. The number of aliphatic hydroxyl groups is 1. The molecule has 0 aromatic heterocycles. The molecule has 17 heavy (non-hydrogen) atoms. The molecule has 1 aliphatic rings. The summed E-state index contributed by atoms with van der Waals surface area (Å²) in [5.74, 6) is 0. The van der Waals surface area contributed by atoms with Gasteiger partial charge in [-0.25, -0.2) is 0 Å². The van der Waals surface area contributed by atoms with E-state index in [1.54, 1.807) is 0 Å². The molecule has 1 saturated heterocycles. The Morgan fingerprint density at radius 2 is 2.12 bits per heavy atom. The van der Waals surface area contributed by atoms with Gasteiger partial charge in [-0.3, -0.25) is 0 Å². The molecule has 0 aliphatic carbocycles. The molecule has 3 nitrogen and oxygen atoms in total. The van der Waals surface area contributed by atoms with Crippen molar-refractivity contribution in [3.63, 3.8) is 0 Å². The Labute approximate surface area is 106 Å². The molecule has 0 saturated carbocycles. The molecular formula is C14H30N2O. The summed E-state index contributed by atoms with van der Waals surface area (Å²) < 4.78 is 0. The van der Waals surface area contributed by atoms with Crippen LogP contribution in [0.5, 0.6) is 0 Å². The Balaban J connectivity index is 2.32. The van der Waals surface area contributed by atoms with Crippen molar-refractivity contribution in [3.05, 3.63) is 0 Å². The van der Waals surface area contributed by atoms with E-state index in [9.17, 15) is 0 Å². The van der Waals surface area contributed by atoms with Gasteiger partial charge in [0.25, 0.3) is 0 Å². The molecule has 0 aromatic carbocycles. The predicted octanol–water partition coefficient (Wildman–Crippen LogP) is 2.13. The first-order valence-corrected chi connectivity index (χ1v) is 7.23. The van der Waals surface area contributed by atoms with Crippen LogP contribution in [-0.4, -0.2) is 41.3 Å². The van der Waals surface area contributed by atoms with Gasteiger partial charge in [0, 0.05) is 11.6 Å². The average Bonchev–Trinajstić information content (AvgIpc) is 2.54. The normalized spacial score (nSPS) is 26.5. The van der Waals surface area contributed by atoms with Crippen LogP contribution in [0, 0.1) is 0 Å². The third-order valence-electron chi connectivity index (χ3n) is 4.02. The molecule has 3 N–H and O–H groups in total. The van der Waals surface area contributed by atoms with Crippen LogP contribution in [0.1, 0.15) is 58.8 Å². The maximum absolute atomic E-state index is 9.14. The number of nitrogens with zero attached hydrogens (tertiary/aromatic N) is 1. The predicted molar refractivity (Wildman–Crippen MR) is 73.0 cm³/mol. The first-order valence-electron chi connectivity index (χ1n) is 7.23. The highest BCUT2D eigenvalue weighted by Gasteiger charge is 2.21. The minimum atomic E-state index is -0.395. The summed E-state index contributed by atoms with van der Waals surface area (Å²) in [6, 6.07) is 0.774. The van der Waals surface area contributed by atoms with Crippen LogP contribution in [-0.2, 0) is 0 Å². The molecule has 2 unspecified atom stereocenters. The summed E-state index contributed by atoms with van der Waals surface area (Å²) >= 11 is 0. The van der Waals surface area contributed by atoms with E-state index in [-0.39, 0.29) is 6.61 Å². The number of hydrogen-bond acceptors (Lipinski definition) is 3. The number of hydrogen-bond donors (Lipinski definition) is 2. The Morgan fingerprint density at radius 1 is 1.35 bits per heavy atom. The van der Waals surface area contributed by atoms with Crippen LogP contribution in [0.2, 0.25) is 0 Å². The van der Waals surface area contributed by atoms with Crippen LogP contribution in [0.15, 0.2) is 0 Å². The average molecular weight is 242 g/mol. The molecule has 1 fully saturated rings. The van der Waals surface area contributed by atoms with Crippen molar-refractivity contribution in [3.8, 4) is 0 Å². The highest BCUT2D eigenvalue weighted by atomic mass is 16.3. The lowest BCUT2D eigenvalue weighted by Gasteiger charge is -2.30. The van der Waals surface area contributed by atoms with Gasteiger partial charge >= 0.3 is 0 Å². The van der Waals surface area contributed by atoms with E-state index in [0.29, 0.717) is 0 Å². The Hall–Kier alpha value is -0.120. The van der Waals surface area contributed by atoms with Gasteiger partial charge in [-0.1, -0.05) is 19.8 Å². The van der Waals surface area contributed by atoms with Crippen LogP contribution in [0.4, 0.5) is 0 Å². The number of rotatable bonds is 6. The number of likely N-dealkylation sites (tertiary alicyclic amines) is 1. The van der Waals surface area contributed by atoms with Gasteiger partial charge in [-0.05, 0) is 52.1 Å². The van der Waals surface area contributed by atoms with Crippen molar-refractivity contribution >= 4 is 0 Å². The topological polar surface area (TPSA) is 49.5 Å². The molecule has 0 amide bonds. The van der Waals surface area contributed by atoms with Gasteiger partial charge in [0.15, 0.2) is 0 Å². The summed E-state index contributed by atoms with van der Waals surface area (Å²) in [6.45, 7) is 6.71. The van der Waals surface area contributed by atoms with E-state index < -0.39 is 5.54 Å². The zero-order valence-corrected chi connectivity index (χ0v) is 11.6. The third kappa shape index (κ3) is 5.36. The first kappa shape index (κ1) is 14.9. The van der Waals surface area contributed by atoms with Crippen LogP contribution in [0.25, 0.3) is 0 Å². The summed E-state index contributed by atoms with van der Waals surface area (Å²) in [5, 5.41) is 9.14. The maximum Gasteiger partial charge on any atom is 0.0608 e. The van der Waals surface area contributed by atoms with Gasteiger partial charge in [-0.2, -0.15) is 0 Å². The Morgan fingerprint density at radius 3 is 2.76 bits per heavy atom. The Kier molecular flexibility index (Phi) is 6.45.